The van der Waals surface area contributed by atoms with Crippen LogP contribution in [0.4, 0.5) is 0 Å². The van der Waals surface area contributed by atoms with Crippen molar-refractivity contribution in [1.29, 1.82) is 0 Å². The maximum atomic E-state index is 12.6. The minimum absolute atomic E-state index is 0.0260. The minimum atomic E-state index is -3.73. The third-order valence-corrected chi connectivity index (χ3v) is 5.90. The van der Waals surface area contributed by atoms with Gasteiger partial charge in [-0.1, -0.05) is 29.8 Å². The normalized spacial score (nSPS) is 27.1. The standard InChI is InChI=1S/C16H16ClN2O7P/c17-12-7-19(16(21)18-15(12)20)14-6-5-11(25-14)9-24-27(22)23-8-10-3-1-2-4-13(10)26-27/h1-4,7,11,14H,5-6,8-9H2,(H,18,20,21). The summed E-state index contributed by atoms with van der Waals surface area (Å²) in [6.07, 6.45) is 1.29. The second kappa shape index (κ2) is 7.26. The maximum absolute atomic E-state index is 12.6. The summed E-state index contributed by atoms with van der Waals surface area (Å²) in [5, 5.41) is -0.106. The molecule has 1 N–H and O–H groups in total. The van der Waals surface area contributed by atoms with Gasteiger partial charge in [0, 0.05) is 11.8 Å². The molecule has 0 saturated carbocycles. The molecule has 0 bridgehead atoms. The number of nitrogens with zero attached hydrogens (tertiary/aromatic N) is 1. The molecule has 3 unspecified atom stereocenters. The van der Waals surface area contributed by atoms with Crippen LogP contribution in [0, 0.1) is 0 Å². The van der Waals surface area contributed by atoms with Crippen LogP contribution in [-0.4, -0.2) is 22.3 Å². The molecular formula is C16H16ClN2O7P. The third-order valence-electron chi connectivity index (χ3n) is 4.30. The lowest BCUT2D eigenvalue weighted by molar-refractivity contribution is -0.0264. The summed E-state index contributed by atoms with van der Waals surface area (Å²) >= 11 is 5.77. The lowest BCUT2D eigenvalue weighted by Gasteiger charge is -2.25. The first-order chi connectivity index (χ1) is 12.9. The van der Waals surface area contributed by atoms with Crippen LogP contribution in [0.15, 0.2) is 40.1 Å². The number of hydrogen-bond donors (Lipinski definition) is 1. The number of hydrogen-bond acceptors (Lipinski definition) is 7. The molecular weight excluding hydrogens is 399 g/mol. The van der Waals surface area contributed by atoms with Gasteiger partial charge in [-0.05, 0) is 18.9 Å². The van der Waals surface area contributed by atoms with E-state index < -0.39 is 31.4 Å². The summed E-state index contributed by atoms with van der Waals surface area (Å²) in [6, 6.07) is 7.12. The average Bonchev–Trinajstić information content (AvgIpc) is 3.12. The van der Waals surface area contributed by atoms with Gasteiger partial charge in [-0.3, -0.25) is 23.4 Å². The number of nitrogens with one attached hydrogen (secondary N) is 1. The van der Waals surface area contributed by atoms with Gasteiger partial charge in [0.15, 0.2) is 0 Å². The molecule has 1 saturated heterocycles. The van der Waals surface area contributed by atoms with Crippen LogP contribution < -0.4 is 15.8 Å². The van der Waals surface area contributed by atoms with Gasteiger partial charge in [-0.2, -0.15) is 0 Å². The number of aromatic nitrogens is 2. The highest BCUT2D eigenvalue weighted by Gasteiger charge is 2.36. The number of fused-ring (bicyclic) bond motifs is 1. The zero-order valence-electron chi connectivity index (χ0n) is 14.0. The largest absolute Gasteiger partial charge is 0.530 e. The molecule has 2 aliphatic heterocycles. The number of ether oxygens (including phenoxy) is 1. The molecule has 1 aromatic heterocycles. The van der Waals surface area contributed by atoms with Crippen molar-refractivity contribution in [3.63, 3.8) is 0 Å². The van der Waals surface area contributed by atoms with E-state index in [1.54, 1.807) is 12.1 Å². The predicted molar refractivity (Wildman–Crippen MR) is 94.9 cm³/mol. The molecule has 1 fully saturated rings. The average molecular weight is 415 g/mol. The van der Waals surface area contributed by atoms with Crippen molar-refractivity contribution in [3.8, 4) is 5.75 Å². The molecule has 9 nitrogen and oxygen atoms in total. The van der Waals surface area contributed by atoms with Gasteiger partial charge in [0.2, 0.25) is 0 Å². The molecule has 144 valence electrons. The third kappa shape index (κ3) is 3.88. The van der Waals surface area contributed by atoms with Crippen LogP contribution in [0.25, 0.3) is 0 Å². The molecule has 3 atom stereocenters. The monoisotopic (exact) mass is 414 g/mol. The molecule has 0 radical (unpaired) electrons. The fourth-order valence-corrected chi connectivity index (χ4v) is 4.33. The molecule has 2 aliphatic rings. The van der Waals surface area contributed by atoms with E-state index in [4.69, 9.17) is 29.9 Å². The first-order valence-electron chi connectivity index (χ1n) is 8.26. The predicted octanol–water partition coefficient (Wildman–Crippen LogP) is 2.60. The fourth-order valence-electron chi connectivity index (χ4n) is 2.93. The summed E-state index contributed by atoms with van der Waals surface area (Å²) in [7, 11) is -3.73. The summed E-state index contributed by atoms with van der Waals surface area (Å²) < 4.78 is 35.6. The molecule has 1 aromatic carbocycles. The number of rotatable bonds is 4. The second-order valence-corrected chi connectivity index (χ2v) is 8.15. The highest BCUT2D eigenvalue weighted by atomic mass is 35.5. The van der Waals surface area contributed by atoms with Crippen LogP contribution in [0.3, 0.4) is 0 Å². The van der Waals surface area contributed by atoms with E-state index >= 15 is 0 Å². The molecule has 11 heteroatoms. The Balaban J connectivity index is 1.38. The number of para-hydroxylation sites is 1. The van der Waals surface area contributed by atoms with Gasteiger partial charge >= 0.3 is 13.5 Å². The van der Waals surface area contributed by atoms with E-state index in [1.807, 2.05) is 12.1 Å². The Morgan fingerprint density at radius 3 is 2.96 bits per heavy atom. The van der Waals surface area contributed by atoms with Crippen LogP contribution in [0.1, 0.15) is 24.6 Å². The number of phosphoric acid groups is 1. The van der Waals surface area contributed by atoms with Gasteiger partial charge < -0.3 is 9.26 Å². The first-order valence-corrected chi connectivity index (χ1v) is 10.1. The molecule has 3 heterocycles. The molecule has 4 rings (SSSR count). The number of halogens is 1. The highest BCUT2D eigenvalue weighted by Crippen LogP contribution is 2.54. The van der Waals surface area contributed by atoms with E-state index in [-0.39, 0.29) is 18.2 Å². The topological polar surface area (TPSA) is 109 Å². The Bertz CT molecular complexity index is 1020. The smallest absolute Gasteiger partial charge is 0.404 e. The van der Waals surface area contributed by atoms with Crippen molar-refractivity contribution in [2.45, 2.75) is 31.8 Å². The van der Waals surface area contributed by atoms with E-state index in [0.717, 1.165) is 5.56 Å². The molecule has 0 aliphatic carbocycles. The van der Waals surface area contributed by atoms with Crippen molar-refractivity contribution >= 4 is 19.4 Å². The number of aromatic amines is 1. The number of benzene rings is 1. The van der Waals surface area contributed by atoms with Crippen molar-refractivity contribution in [2.24, 2.45) is 0 Å². The summed E-state index contributed by atoms with van der Waals surface area (Å²) in [4.78, 5) is 25.4. The van der Waals surface area contributed by atoms with E-state index in [1.165, 1.54) is 10.8 Å². The van der Waals surface area contributed by atoms with E-state index in [0.29, 0.717) is 18.6 Å². The lowest BCUT2D eigenvalue weighted by Crippen LogP contribution is -2.32. The Kier molecular flexibility index (Phi) is 4.96. The van der Waals surface area contributed by atoms with Crippen molar-refractivity contribution in [1.82, 2.24) is 9.55 Å². The molecule has 0 spiro atoms. The Morgan fingerprint density at radius 1 is 1.30 bits per heavy atom. The van der Waals surface area contributed by atoms with Gasteiger partial charge in [-0.15, -0.1) is 0 Å². The van der Waals surface area contributed by atoms with Crippen molar-refractivity contribution < 1.29 is 22.9 Å². The molecule has 2 aromatic rings. The van der Waals surface area contributed by atoms with Gasteiger partial charge in [0.25, 0.3) is 5.56 Å². The number of H-pyrrole nitrogens is 1. The van der Waals surface area contributed by atoms with Crippen LogP contribution >= 0.6 is 19.4 Å². The molecule has 27 heavy (non-hydrogen) atoms. The van der Waals surface area contributed by atoms with E-state index in [9.17, 15) is 14.2 Å². The molecule has 0 amide bonds. The maximum Gasteiger partial charge on any atom is 0.530 e. The second-order valence-electron chi connectivity index (χ2n) is 6.15. The van der Waals surface area contributed by atoms with Crippen LogP contribution in [-0.2, 0) is 25.0 Å². The summed E-state index contributed by atoms with van der Waals surface area (Å²) in [5.74, 6) is 0.465. The van der Waals surface area contributed by atoms with Crippen molar-refractivity contribution in [2.75, 3.05) is 6.61 Å². The van der Waals surface area contributed by atoms with Crippen molar-refractivity contribution in [3.05, 3.63) is 61.9 Å². The fraction of sp³-hybridized carbons (Fsp3) is 0.375. The zero-order valence-corrected chi connectivity index (χ0v) is 15.7. The zero-order chi connectivity index (χ0) is 19.0. The van der Waals surface area contributed by atoms with Crippen LogP contribution in [0.2, 0.25) is 5.02 Å². The lowest BCUT2D eigenvalue weighted by atomic mass is 10.2. The Labute approximate surface area is 158 Å². The van der Waals surface area contributed by atoms with Gasteiger partial charge in [0.1, 0.15) is 17.0 Å². The SMILES string of the molecule is O=c1[nH]c(=O)n(C2CCC(COP3(=O)OCc4ccccc4O3)O2)cc1Cl. The highest BCUT2D eigenvalue weighted by molar-refractivity contribution is 7.49. The Morgan fingerprint density at radius 2 is 2.11 bits per heavy atom. The Hall–Kier alpha value is -1.90. The van der Waals surface area contributed by atoms with Gasteiger partial charge in [0.05, 0.1) is 19.3 Å². The van der Waals surface area contributed by atoms with Gasteiger partial charge in [-0.25, -0.2) is 9.36 Å². The summed E-state index contributed by atoms with van der Waals surface area (Å²) in [6.45, 7) is 0.106. The number of phosphoric ester groups is 1. The van der Waals surface area contributed by atoms with E-state index in [2.05, 4.69) is 4.98 Å². The first kappa shape index (κ1) is 18.5. The summed E-state index contributed by atoms with van der Waals surface area (Å²) in [5.41, 5.74) is -0.473. The minimum Gasteiger partial charge on any atom is -0.404 e. The quantitative estimate of drug-likeness (QED) is 0.766. The van der Waals surface area contributed by atoms with Crippen LogP contribution in [0.5, 0.6) is 5.75 Å².